The summed E-state index contributed by atoms with van der Waals surface area (Å²) < 4.78 is 32.0. The number of sulfone groups is 1. The number of ketones is 1. The minimum absolute atomic E-state index is 0.228. The third kappa shape index (κ3) is 4.42. The number of hydrogen-bond donors (Lipinski definition) is 0. The molecule has 3 aromatic rings. The van der Waals surface area contributed by atoms with E-state index in [0.29, 0.717) is 46.0 Å². The minimum atomic E-state index is -3.40. The Hall–Kier alpha value is -2.93. The van der Waals surface area contributed by atoms with Crippen LogP contribution in [0.3, 0.4) is 0 Å². The van der Waals surface area contributed by atoms with Gasteiger partial charge in [0.15, 0.2) is 9.84 Å². The highest BCUT2D eigenvalue weighted by atomic mass is 32.2. The van der Waals surface area contributed by atoms with Crippen LogP contribution in [0.25, 0.3) is 0 Å². The molecule has 0 aliphatic rings. The van der Waals surface area contributed by atoms with Gasteiger partial charge in [0, 0.05) is 18.9 Å². The van der Waals surface area contributed by atoms with Crippen LogP contribution in [0.5, 0.6) is 5.88 Å². The van der Waals surface area contributed by atoms with E-state index in [0.717, 1.165) is 11.1 Å². The number of aromatic nitrogens is 2. The van der Waals surface area contributed by atoms with Crippen molar-refractivity contribution in [2.45, 2.75) is 46.1 Å². The zero-order valence-corrected chi connectivity index (χ0v) is 19.8. The Balaban J connectivity index is 2.04. The molecule has 0 radical (unpaired) electrons. The van der Waals surface area contributed by atoms with E-state index in [1.165, 1.54) is 6.26 Å². The first-order valence-corrected chi connectivity index (χ1v) is 11.9. The van der Waals surface area contributed by atoms with Crippen molar-refractivity contribution < 1.29 is 17.9 Å². The SMILES string of the molecule is Cc1ccc(COc2c(C(=O)c3cc(C)c(S(C)(=O)=O)c(C)c3C)c(C)nn2C)cc1. The third-order valence-corrected chi connectivity index (χ3v) is 6.90. The van der Waals surface area contributed by atoms with Crippen molar-refractivity contribution in [3.63, 3.8) is 0 Å². The third-order valence-electron chi connectivity index (χ3n) is 5.53. The molecule has 2 aromatic carbocycles. The van der Waals surface area contributed by atoms with Gasteiger partial charge in [-0.3, -0.25) is 4.79 Å². The highest BCUT2D eigenvalue weighted by Crippen LogP contribution is 2.31. The van der Waals surface area contributed by atoms with E-state index in [4.69, 9.17) is 4.74 Å². The van der Waals surface area contributed by atoms with Crippen molar-refractivity contribution in [3.8, 4) is 5.88 Å². The van der Waals surface area contributed by atoms with Crippen LogP contribution in [0.15, 0.2) is 35.2 Å². The fraction of sp³-hybridized carbons (Fsp3) is 0.333. The van der Waals surface area contributed by atoms with Crippen LogP contribution in [0, 0.1) is 34.6 Å². The summed E-state index contributed by atoms with van der Waals surface area (Å²) in [6, 6.07) is 9.65. The first kappa shape index (κ1) is 22.7. The van der Waals surface area contributed by atoms with E-state index in [1.807, 2.05) is 31.2 Å². The second kappa shape index (κ2) is 8.30. The Kier molecular flexibility index (Phi) is 6.09. The van der Waals surface area contributed by atoms with Gasteiger partial charge in [0.2, 0.25) is 11.7 Å². The van der Waals surface area contributed by atoms with E-state index < -0.39 is 9.84 Å². The lowest BCUT2D eigenvalue weighted by molar-refractivity contribution is 0.103. The predicted molar refractivity (Wildman–Crippen MR) is 121 cm³/mol. The molecule has 0 fully saturated rings. The van der Waals surface area contributed by atoms with Crippen molar-refractivity contribution in [2.24, 2.45) is 7.05 Å². The Morgan fingerprint density at radius 2 is 1.65 bits per heavy atom. The summed E-state index contributed by atoms with van der Waals surface area (Å²) in [5, 5.41) is 4.39. The normalized spacial score (nSPS) is 11.6. The maximum absolute atomic E-state index is 13.6. The van der Waals surface area contributed by atoms with Gasteiger partial charge in [0.05, 0.1) is 10.6 Å². The molecule has 0 N–H and O–H groups in total. The zero-order chi connectivity index (χ0) is 23.1. The number of nitrogens with zero attached hydrogens (tertiary/aromatic N) is 2. The lowest BCUT2D eigenvalue weighted by Crippen LogP contribution is -2.12. The fourth-order valence-corrected chi connectivity index (χ4v) is 5.25. The molecule has 0 aliphatic carbocycles. The van der Waals surface area contributed by atoms with E-state index >= 15 is 0 Å². The largest absolute Gasteiger partial charge is 0.472 e. The van der Waals surface area contributed by atoms with Crippen molar-refractivity contribution >= 4 is 15.6 Å². The van der Waals surface area contributed by atoms with E-state index in [2.05, 4.69) is 5.10 Å². The number of carbonyl (C=O) groups excluding carboxylic acids is 1. The van der Waals surface area contributed by atoms with Crippen molar-refractivity contribution in [2.75, 3.05) is 6.26 Å². The van der Waals surface area contributed by atoms with Gasteiger partial charge in [0.25, 0.3) is 0 Å². The molecule has 164 valence electrons. The quantitative estimate of drug-likeness (QED) is 0.538. The minimum Gasteiger partial charge on any atom is -0.472 e. The molecule has 0 saturated carbocycles. The molecule has 0 bridgehead atoms. The van der Waals surface area contributed by atoms with E-state index in [-0.39, 0.29) is 10.7 Å². The van der Waals surface area contributed by atoms with Crippen LogP contribution < -0.4 is 4.74 Å². The number of rotatable bonds is 6. The Bertz CT molecular complexity index is 1270. The predicted octanol–water partition coefficient (Wildman–Crippen LogP) is 4.18. The summed E-state index contributed by atoms with van der Waals surface area (Å²) in [7, 11) is -1.66. The fourth-order valence-electron chi connectivity index (χ4n) is 3.90. The molecule has 0 amide bonds. The number of benzene rings is 2. The lowest BCUT2D eigenvalue weighted by atomic mass is 9.94. The molecule has 0 atom stereocenters. The molecular formula is C24H28N2O4S. The van der Waals surface area contributed by atoms with Gasteiger partial charge in [-0.1, -0.05) is 29.8 Å². The number of hydrogen-bond acceptors (Lipinski definition) is 5. The monoisotopic (exact) mass is 440 g/mol. The van der Waals surface area contributed by atoms with Gasteiger partial charge in [-0.15, -0.1) is 0 Å². The molecule has 3 rings (SSSR count). The highest BCUT2D eigenvalue weighted by Gasteiger charge is 2.27. The van der Waals surface area contributed by atoms with Crippen LogP contribution in [0.1, 0.15) is 49.4 Å². The van der Waals surface area contributed by atoms with Gasteiger partial charge >= 0.3 is 0 Å². The first-order valence-electron chi connectivity index (χ1n) is 9.99. The Morgan fingerprint density at radius 3 is 2.23 bits per heavy atom. The second-order valence-corrected chi connectivity index (χ2v) is 10.0. The summed E-state index contributed by atoms with van der Waals surface area (Å²) >= 11 is 0. The van der Waals surface area contributed by atoms with Crippen LogP contribution in [0.2, 0.25) is 0 Å². The Labute approximate surface area is 183 Å². The van der Waals surface area contributed by atoms with Crippen molar-refractivity contribution in [1.29, 1.82) is 0 Å². The average molecular weight is 441 g/mol. The summed E-state index contributed by atoms with van der Waals surface area (Å²) in [5.41, 5.74) is 5.35. The maximum atomic E-state index is 13.6. The number of ether oxygens (including phenoxy) is 1. The van der Waals surface area contributed by atoms with Gasteiger partial charge in [0.1, 0.15) is 12.2 Å². The number of carbonyl (C=O) groups is 1. The summed E-state index contributed by atoms with van der Waals surface area (Å²) in [5.74, 6) is 0.165. The number of aryl methyl sites for hydroxylation is 4. The summed E-state index contributed by atoms with van der Waals surface area (Å²) in [6.07, 6.45) is 1.19. The van der Waals surface area contributed by atoms with E-state index in [1.54, 1.807) is 45.5 Å². The zero-order valence-electron chi connectivity index (χ0n) is 19.0. The summed E-state index contributed by atoms with van der Waals surface area (Å²) in [4.78, 5) is 13.8. The molecule has 1 heterocycles. The van der Waals surface area contributed by atoms with Gasteiger partial charge in [-0.25, -0.2) is 13.1 Å². The first-order chi connectivity index (χ1) is 14.4. The Morgan fingerprint density at radius 1 is 1.03 bits per heavy atom. The van der Waals surface area contributed by atoms with Gasteiger partial charge < -0.3 is 4.74 Å². The average Bonchev–Trinajstić information content (AvgIpc) is 2.95. The molecule has 0 saturated heterocycles. The van der Waals surface area contributed by atoms with Crippen LogP contribution in [-0.4, -0.2) is 30.2 Å². The smallest absolute Gasteiger partial charge is 0.223 e. The van der Waals surface area contributed by atoms with Gasteiger partial charge in [-0.2, -0.15) is 5.10 Å². The molecule has 1 aromatic heterocycles. The van der Waals surface area contributed by atoms with Crippen LogP contribution in [0.4, 0.5) is 0 Å². The van der Waals surface area contributed by atoms with Crippen molar-refractivity contribution in [3.05, 3.63) is 75.0 Å². The van der Waals surface area contributed by atoms with Gasteiger partial charge in [-0.05, 0) is 62.9 Å². The highest BCUT2D eigenvalue weighted by molar-refractivity contribution is 7.90. The standard InChI is InChI=1S/C24H28N2O4S/c1-14-8-10-19(11-9-14)13-30-24-21(18(5)25-26(24)6)22(27)20-12-15(2)23(31(7,28)29)17(4)16(20)3/h8-12H,13H2,1-7H3. The topological polar surface area (TPSA) is 78.3 Å². The van der Waals surface area contributed by atoms with Crippen LogP contribution >= 0.6 is 0 Å². The maximum Gasteiger partial charge on any atom is 0.223 e. The molecule has 0 spiro atoms. The van der Waals surface area contributed by atoms with E-state index in [9.17, 15) is 13.2 Å². The molecule has 6 nitrogen and oxygen atoms in total. The molecule has 31 heavy (non-hydrogen) atoms. The van der Waals surface area contributed by atoms with Crippen LogP contribution in [-0.2, 0) is 23.5 Å². The summed E-state index contributed by atoms with van der Waals surface area (Å²) in [6.45, 7) is 9.32. The molecule has 0 aliphatic heterocycles. The molecular weight excluding hydrogens is 412 g/mol. The molecule has 7 heteroatoms. The van der Waals surface area contributed by atoms with Crippen molar-refractivity contribution in [1.82, 2.24) is 9.78 Å². The lowest BCUT2D eigenvalue weighted by Gasteiger charge is -2.16. The molecule has 0 unspecified atom stereocenters. The second-order valence-electron chi connectivity index (χ2n) is 8.08.